The topological polar surface area (TPSA) is 15.3 Å². The molecule has 1 saturated carbocycles. The minimum atomic E-state index is 0.627. The number of hydrogen-bond donors (Lipinski definition) is 1. The van der Waals surface area contributed by atoms with Gasteiger partial charge in [-0.15, -0.1) is 0 Å². The third-order valence-corrected chi connectivity index (χ3v) is 4.86. The molecular formula is C18H28N2. The zero-order chi connectivity index (χ0) is 14.1. The van der Waals surface area contributed by atoms with Crippen molar-refractivity contribution in [3.63, 3.8) is 0 Å². The molecule has 0 aromatic heterocycles. The van der Waals surface area contributed by atoms with Gasteiger partial charge in [-0.3, -0.25) is 4.90 Å². The third kappa shape index (κ3) is 2.91. The Bertz CT molecular complexity index is 442. The SMILES string of the molecule is CNCC1CCCN(C2CC2)C1c1cc(C)cc(C)c1. The second-order valence-electron chi connectivity index (χ2n) is 6.79. The van der Waals surface area contributed by atoms with Gasteiger partial charge in [0.2, 0.25) is 0 Å². The second-order valence-corrected chi connectivity index (χ2v) is 6.79. The van der Waals surface area contributed by atoms with Crippen LogP contribution < -0.4 is 5.32 Å². The molecule has 2 atom stereocenters. The first kappa shape index (κ1) is 14.1. The summed E-state index contributed by atoms with van der Waals surface area (Å²) in [6, 6.07) is 8.62. The molecule has 1 aromatic rings. The average molecular weight is 272 g/mol. The van der Waals surface area contributed by atoms with E-state index in [1.165, 1.54) is 43.4 Å². The van der Waals surface area contributed by atoms with Crippen LogP contribution in [0.4, 0.5) is 0 Å². The van der Waals surface area contributed by atoms with Gasteiger partial charge < -0.3 is 5.32 Å². The lowest BCUT2D eigenvalue weighted by Crippen LogP contribution is -2.43. The van der Waals surface area contributed by atoms with Crippen LogP contribution in [0.3, 0.4) is 0 Å². The van der Waals surface area contributed by atoms with Crippen LogP contribution in [0, 0.1) is 19.8 Å². The van der Waals surface area contributed by atoms with Crippen molar-refractivity contribution in [3.05, 3.63) is 34.9 Å². The van der Waals surface area contributed by atoms with Crippen LogP contribution >= 0.6 is 0 Å². The van der Waals surface area contributed by atoms with Crippen molar-refractivity contribution in [2.45, 2.75) is 51.6 Å². The molecule has 2 fully saturated rings. The van der Waals surface area contributed by atoms with E-state index in [2.05, 4.69) is 49.3 Å². The lowest BCUT2D eigenvalue weighted by molar-refractivity contribution is 0.0844. The number of aryl methyl sites for hydroxylation is 2. The van der Waals surface area contributed by atoms with Gasteiger partial charge in [0.1, 0.15) is 0 Å². The van der Waals surface area contributed by atoms with Crippen molar-refractivity contribution < 1.29 is 0 Å². The number of nitrogens with zero attached hydrogens (tertiary/aromatic N) is 1. The van der Waals surface area contributed by atoms with Crippen LogP contribution in [0.5, 0.6) is 0 Å². The molecule has 0 radical (unpaired) electrons. The molecule has 1 N–H and O–H groups in total. The van der Waals surface area contributed by atoms with Gasteiger partial charge in [0.15, 0.2) is 0 Å². The lowest BCUT2D eigenvalue weighted by atomic mass is 9.83. The quantitative estimate of drug-likeness (QED) is 0.903. The highest BCUT2D eigenvalue weighted by Crippen LogP contribution is 2.42. The van der Waals surface area contributed by atoms with Gasteiger partial charge in [0.25, 0.3) is 0 Å². The van der Waals surface area contributed by atoms with E-state index in [-0.39, 0.29) is 0 Å². The summed E-state index contributed by atoms with van der Waals surface area (Å²) in [4.78, 5) is 2.81. The molecule has 2 heteroatoms. The first-order valence-corrected chi connectivity index (χ1v) is 8.17. The summed E-state index contributed by atoms with van der Waals surface area (Å²) in [6.07, 6.45) is 5.55. The maximum absolute atomic E-state index is 3.42. The molecule has 20 heavy (non-hydrogen) atoms. The average Bonchev–Trinajstić information content (AvgIpc) is 3.22. The monoisotopic (exact) mass is 272 g/mol. The molecule has 1 aromatic carbocycles. The number of benzene rings is 1. The fourth-order valence-corrected chi connectivity index (χ4v) is 4.04. The number of nitrogens with one attached hydrogen (secondary N) is 1. The van der Waals surface area contributed by atoms with Crippen LogP contribution in [0.1, 0.15) is 48.4 Å². The van der Waals surface area contributed by atoms with Crippen LogP contribution in [0.15, 0.2) is 18.2 Å². The first-order chi connectivity index (χ1) is 9.69. The highest BCUT2D eigenvalue weighted by Gasteiger charge is 2.40. The molecule has 1 heterocycles. The Morgan fingerprint density at radius 1 is 1.10 bits per heavy atom. The summed E-state index contributed by atoms with van der Waals surface area (Å²) in [6.45, 7) is 6.89. The molecule has 0 amide bonds. The number of rotatable bonds is 4. The molecule has 2 nitrogen and oxygen atoms in total. The Labute approximate surface area is 123 Å². The van der Waals surface area contributed by atoms with Crippen LogP contribution in [0.25, 0.3) is 0 Å². The van der Waals surface area contributed by atoms with Gasteiger partial charge >= 0.3 is 0 Å². The molecule has 3 rings (SSSR count). The Morgan fingerprint density at radius 3 is 2.40 bits per heavy atom. The van der Waals surface area contributed by atoms with Gasteiger partial charge in [0, 0.05) is 12.1 Å². The van der Waals surface area contributed by atoms with Crippen molar-refractivity contribution in [2.24, 2.45) is 5.92 Å². The van der Waals surface area contributed by atoms with Gasteiger partial charge in [-0.25, -0.2) is 0 Å². The maximum Gasteiger partial charge on any atom is 0.0391 e. The molecule has 0 spiro atoms. The van der Waals surface area contributed by atoms with Crippen molar-refractivity contribution in [1.82, 2.24) is 10.2 Å². The minimum Gasteiger partial charge on any atom is -0.319 e. The van der Waals surface area contributed by atoms with Gasteiger partial charge in [-0.05, 0) is 71.1 Å². The van der Waals surface area contributed by atoms with Gasteiger partial charge in [-0.1, -0.05) is 29.3 Å². The zero-order valence-corrected chi connectivity index (χ0v) is 13.2. The standard InChI is InChI=1S/C18H28N2/c1-13-9-14(2)11-16(10-13)18-15(12-19-3)5-4-8-20(18)17-6-7-17/h9-11,15,17-19H,4-8,12H2,1-3H3. The summed E-state index contributed by atoms with van der Waals surface area (Å²) in [5.74, 6) is 0.760. The van der Waals surface area contributed by atoms with E-state index in [4.69, 9.17) is 0 Å². The lowest BCUT2D eigenvalue weighted by Gasteiger charge is -2.42. The minimum absolute atomic E-state index is 0.627. The molecule has 110 valence electrons. The predicted octanol–water partition coefficient (Wildman–Crippen LogP) is 3.44. The highest BCUT2D eigenvalue weighted by molar-refractivity contribution is 5.32. The summed E-state index contributed by atoms with van der Waals surface area (Å²) in [7, 11) is 2.09. The van der Waals surface area contributed by atoms with Crippen molar-refractivity contribution >= 4 is 0 Å². The van der Waals surface area contributed by atoms with Crippen LogP contribution in [-0.4, -0.2) is 31.1 Å². The Kier molecular flexibility index (Phi) is 4.13. The van der Waals surface area contributed by atoms with Crippen molar-refractivity contribution in [1.29, 1.82) is 0 Å². The first-order valence-electron chi connectivity index (χ1n) is 8.17. The normalized spacial score (nSPS) is 27.8. The van der Waals surface area contributed by atoms with Gasteiger partial charge in [-0.2, -0.15) is 0 Å². The molecule has 0 bridgehead atoms. The smallest absolute Gasteiger partial charge is 0.0391 e. The van der Waals surface area contributed by atoms with Crippen LogP contribution in [0.2, 0.25) is 0 Å². The molecule has 2 aliphatic rings. The molecule has 1 aliphatic heterocycles. The predicted molar refractivity (Wildman–Crippen MR) is 85.0 cm³/mol. The fourth-order valence-electron chi connectivity index (χ4n) is 4.04. The van der Waals surface area contributed by atoms with Crippen LogP contribution in [-0.2, 0) is 0 Å². The van der Waals surface area contributed by atoms with E-state index in [1.807, 2.05) is 0 Å². The molecule has 2 unspecified atom stereocenters. The number of hydrogen-bond acceptors (Lipinski definition) is 2. The maximum atomic E-state index is 3.42. The Hall–Kier alpha value is -0.860. The van der Waals surface area contributed by atoms with Gasteiger partial charge in [0.05, 0.1) is 0 Å². The molecular weight excluding hydrogens is 244 g/mol. The Balaban J connectivity index is 1.93. The number of likely N-dealkylation sites (tertiary alicyclic amines) is 1. The summed E-state index contributed by atoms with van der Waals surface area (Å²) >= 11 is 0. The van der Waals surface area contributed by atoms with E-state index in [9.17, 15) is 0 Å². The van der Waals surface area contributed by atoms with E-state index >= 15 is 0 Å². The fraction of sp³-hybridized carbons (Fsp3) is 0.667. The van der Waals surface area contributed by atoms with Crippen molar-refractivity contribution in [3.8, 4) is 0 Å². The summed E-state index contributed by atoms with van der Waals surface area (Å²) in [5.41, 5.74) is 4.36. The molecule has 1 aliphatic carbocycles. The molecule has 1 saturated heterocycles. The van der Waals surface area contributed by atoms with E-state index in [0.717, 1.165) is 18.5 Å². The highest BCUT2D eigenvalue weighted by atomic mass is 15.2. The second kappa shape index (κ2) is 5.87. The Morgan fingerprint density at radius 2 is 1.80 bits per heavy atom. The largest absolute Gasteiger partial charge is 0.319 e. The number of piperidine rings is 1. The summed E-state index contributed by atoms with van der Waals surface area (Å²) in [5, 5.41) is 3.42. The van der Waals surface area contributed by atoms with E-state index in [0.29, 0.717) is 6.04 Å². The zero-order valence-electron chi connectivity index (χ0n) is 13.2. The third-order valence-electron chi connectivity index (χ3n) is 4.86. The summed E-state index contributed by atoms with van der Waals surface area (Å²) < 4.78 is 0. The van der Waals surface area contributed by atoms with E-state index < -0.39 is 0 Å². The van der Waals surface area contributed by atoms with Crippen molar-refractivity contribution in [2.75, 3.05) is 20.1 Å². The van der Waals surface area contributed by atoms with E-state index in [1.54, 1.807) is 5.56 Å².